The summed E-state index contributed by atoms with van der Waals surface area (Å²) in [5, 5.41) is 9.54. The van der Waals surface area contributed by atoms with Gasteiger partial charge >= 0.3 is 12.0 Å². The Morgan fingerprint density at radius 2 is 1.83 bits per heavy atom. The third-order valence-corrected chi connectivity index (χ3v) is 5.21. The lowest BCUT2D eigenvalue weighted by atomic mass is 10.2. The van der Waals surface area contributed by atoms with Crippen LogP contribution in [0.2, 0.25) is 5.02 Å². The zero-order valence-electron chi connectivity index (χ0n) is 18.5. The highest BCUT2D eigenvalue weighted by Gasteiger charge is 2.26. The second-order valence-corrected chi connectivity index (χ2v) is 7.95. The molecule has 180 valence electrons. The number of carbonyl (C=O) groups is 2. The van der Waals surface area contributed by atoms with E-state index in [1.807, 2.05) is 0 Å². The number of amides is 1. The lowest BCUT2D eigenvalue weighted by Gasteiger charge is -2.26. The molecule has 35 heavy (non-hydrogen) atoms. The Bertz CT molecular complexity index is 1360. The van der Waals surface area contributed by atoms with E-state index in [0.29, 0.717) is 27.6 Å². The first-order valence-electron chi connectivity index (χ1n) is 10.6. The van der Waals surface area contributed by atoms with Crippen LogP contribution in [-0.2, 0) is 9.59 Å². The zero-order chi connectivity index (χ0) is 24.9. The maximum atomic E-state index is 14.3. The number of para-hydroxylation sites is 1. The average Bonchev–Trinajstić information content (AvgIpc) is 3.22. The van der Waals surface area contributed by atoms with Gasteiger partial charge in [0.15, 0.2) is 11.7 Å². The lowest BCUT2D eigenvalue weighted by Crippen LogP contribution is -2.42. The summed E-state index contributed by atoms with van der Waals surface area (Å²) in [6.07, 6.45) is -1.32. The summed E-state index contributed by atoms with van der Waals surface area (Å²) < 4.78 is 31.2. The highest BCUT2D eigenvalue weighted by atomic mass is 35.5. The van der Waals surface area contributed by atoms with Crippen LogP contribution in [0.15, 0.2) is 71.1 Å². The number of fused-ring (bicyclic) bond motifs is 1. The van der Waals surface area contributed by atoms with Crippen LogP contribution >= 0.6 is 11.6 Å². The maximum Gasteiger partial charge on any atom is 0.400 e. The molecule has 1 amide bonds. The SMILES string of the molecule is C[C@@H](Oc1ccc(Oc2nc3ccc(Cl)cc3o2)cc1)C(=O)N(CCC(=O)O)c1ccccc1F. The number of ether oxygens (including phenoxy) is 2. The molecule has 0 saturated heterocycles. The maximum absolute atomic E-state index is 14.3. The van der Waals surface area contributed by atoms with Crippen molar-refractivity contribution in [3.8, 4) is 17.6 Å². The van der Waals surface area contributed by atoms with Crippen molar-refractivity contribution < 1.29 is 33.0 Å². The molecule has 4 aromatic rings. The molecule has 1 aromatic heterocycles. The molecule has 4 rings (SSSR count). The quantitative estimate of drug-likeness (QED) is 0.316. The van der Waals surface area contributed by atoms with E-state index in [2.05, 4.69) is 4.98 Å². The van der Waals surface area contributed by atoms with Crippen molar-refractivity contribution >= 4 is 40.3 Å². The Kier molecular flexibility index (Phi) is 7.17. The van der Waals surface area contributed by atoms with E-state index in [4.69, 9.17) is 30.6 Å². The number of aliphatic carboxylic acids is 1. The predicted molar refractivity (Wildman–Crippen MR) is 127 cm³/mol. The van der Waals surface area contributed by atoms with E-state index in [-0.39, 0.29) is 24.7 Å². The molecular formula is C25H20ClFN2O6. The van der Waals surface area contributed by atoms with Gasteiger partial charge in [-0.3, -0.25) is 9.59 Å². The molecule has 8 nitrogen and oxygen atoms in total. The van der Waals surface area contributed by atoms with E-state index in [1.165, 1.54) is 25.1 Å². The molecule has 0 fully saturated rings. The molecule has 1 atom stereocenters. The van der Waals surface area contributed by atoms with Gasteiger partial charge in [-0.15, -0.1) is 0 Å². The fourth-order valence-electron chi connectivity index (χ4n) is 3.31. The molecular weight excluding hydrogens is 479 g/mol. The number of nitrogens with zero attached hydrogens (tertiary/aromatic N) is 2. The minimum absolute atomic E-state index is 0.0161. The van der Waals surface area contributed by atoms with E-state index in [1.54, 1.807) is 48.5 Å². The number of carbonyl (C=O) groups excluding carboxylic acids is 1. The first-order chi connectivity index (χ1) is 16.8. The number of hydrogen-bond donors (Lipinski definition) is 1. The average molecular weight is 499 g/mol. The Hall–Kier alpha value is -4.11. The molecule has 0 aliphatic carbocycles. The van der Waals surface area contributed by atoms with Crippen molar-refractivity contribution in [3.05, 3.63) is 77.6 Å². The number of halogens is 2. The van der Waals surface area contributed by atoms with Gasteiger partial charge in [-0.05, 0) is 55.5 Å². The number of benzene rings is 3. The van der Waals surface area contributed by atoms with Crippen LogP contribution < -0.4 is 14.4 Å². The Labute approximate surface area is 204 Å². The first kappa shape index (κ1) is 24.0. The van der Waals surface area contributed by atoms with Crippen LogP contribution in [0.25, 0.3) is 11.1 Å². The van der Waals surface area contributed by atoms with Crippen molar-refractivity contribution in [3.63, 3.8) is 0 Å². The summed E-state index contributed by atoms with van der Waals surface area (Å²) in [5.74, 6) is -1.55. The van der Waals surface area contributed by atoms with E-state index in [0.717, 1.165) is 4.90 Å². The number of aromatic nitrogens is 1. The largest absolute Gasteiger partial charge is 0.481 e. The number of oxazole rings is 1. The number of carboxylic acids is 1. The molecule has 0 unspecified atom stereocenters. The van der Waals surface area contributed by atoms with Crippen molar-refractivity contribution in [1.29, 1.82) is 0 Å². The van der Waals surface area contributed by atoms with Crippen molar-refractivity contribution in [2.75, 3.05) is 11.4 Å². The molecule has 0 bridgehead atoms. The van der Waals surface area contributed by atoms with E-state index >= 15 is 0 Å². The van der Waals surface area contributed by atoms with Gasteiger partial charge in [-0.1, -0.05) is 23.7 Å². The van der Waals surface area contributed by atoms with Gasteiger partial charge in [-0.2, -0.15) is 4.98 Å². The smallest absolute Gasteiger partial charge is 0.400 e. The third-order valence-electron chi connectivity index (χ3n) is 4.98. The molecule has 0 spiro atoms. The fourth-order valence-corrected chi connectivity index (χ4v) is 3.47. The molecule has 3 aromatic carbocycles. The summed E-state index contributed by atoms with van der Waals surface area (Å²) >= 11 is 5.95. The van der Waals surface area contributed by atoms with Gasteiger partial charge in [0.1, 0.15) is 22.8 Å². The van der Waals surface area contributed by atoms with Crippen LogP contribution in [0.5, 0.6) is 17.6 Å². The molecule has 0 aliphatic heterocycles. The van der Waals surface area contributed by atoms with Gasteiger partial charge < -0.3 is 23.9 Å². The third kappa shape index (κ3) is 5.88. The standard InChI is InChI=1S/C25H20ClFN2O6/c1-15(24(32)29(13-12-23(30)31)21-5-3-2-4-19(21)27)33-17-7-9-18(10-8-17)34-25-28-20-11-6-16(26)14-22(20)35-25/h2-11,14-15H,12-13H2,1H3,(H,30,31)/t15-/m1/s1. The Balaban J connectivity index is 1.44. The van der Waals surface area contributed by atoms with Gasteiger partial charge in [-0.25, -0.2) is 4.39 Å². The monoisotopic (exact) mass is 498 g/mol. The van der Waals surface area contributed by atoms with Crippen LogP contribution in [0, 0.1) is 5.82 Å². The summed E-state index contributed by atoms with van der Waals surface area (Å²) in [6.45, 7) is 1.30. The number of carboxylic acid groups (broad SMARTS) is 1. The Morgan fingerprint density at radius 1 is 1.11 bits per heavy atom. The highest BCUT2D eigenvalue weighted by Crippen LogP contribution is 2.29. The number of rotatable bonds is 9. The normalized spacial score (nSPS) is 11.7. The minimum atomic E-state index is -1.11. The molecule has 0 radical (unpaired) electrons. The Morgan fingerprint density at radius 3 is 2.54 bits per heavy atom. The van der Waals surface area contributed by atoms with E-state index < -0.39 is 23.8 Å². The predicted octanol–water partition coefficient (Wildman–Crippen LogP) is 5.69. The minimum Gasteiger partial charge on any atom is -0.481 e. The summed E-state index contributed by atoms with van der Waals surface area (Å²) in [6, 6.07) is 17.1. The highest BCUT2D eigenvalue weighted by molar-refractivity contribution is 6.31. The second-order valence-electron chi connectivity index (χ2n) is 7.51. The summed E-state index contributed by atoms with van der Waals surface area (Å²) in [7, 11) is 0. The van der Waals surface area contributed by atoms with Crippen LogP contribution in [0.4, 0.5) is 10.1 Å². The zero-order valence-corrected chi connectivity index (χ0v) is 19.2. The molecule has 0 saturated carbocycles. The van der Waals surface area contributed by atoms with E-state index in [9.17, 15) is 14.0 Å². The van der Waals surface area contributed by atoms with Crippen molar-refractivity contribution in [1.82, 2.24) is 4.98 Å². The molecule has 0 aliphatic rings. The molecule has 1 N–H and O–H groups in total. The van der Waals surface area contributed by atoms with Crippen molar-refractivity contribution in [2.45, 2.75) is 19.4 Å². The van der Waals surface area contributed by atoms with Gasteiger partial charge in [0.25, 0.3) is 5.91 Å². The summed E-state index contributed by atoms with van der Waals surface area (Å²) in [4.78, 5) is 29.4. The fraction of sp³-hybridized carbons (Fsp3) is 0.160. The van der Waals surface area contributed by atoms with Crippen LogP contribution in [-0.4, -0.2) is 34.6 Å². The topological polar surface area (TPSA) is 102 Å². The van der Waals surface area contributed by atoms with Gasteiger partial charge in [0.05, 0.1) is 12.1 Å². The lowest BCUT2D eigenvalue weighted by molar-refractivity contribution is -0.136. The van der Waals surface area contributed by atoms with Gasteiger partial charge in [0, 0.05) is 17.6 Å². The molecule has 10 heteroatoms. The first-order valence-corrected chi connectivity index (χ1v) is 11.0. The van der Waals surface area contributed by atoms with Crippen LogP contribution in [0.3, 0.4) is 0 Å². The number of hydrogen-bond acceptors (Lipinski definition) is 6. The van der Waals surface area contributed by atoms with Crippen molar-refractivity contribution in [2.24, 2.45) is 0 Å². The molecule has 1 heterocycles. The van der Waals surface area contributed by atoms with Gasteiger partial charge in [0.2, 0.25) is 0 Å². The second kappa shape index (κ2) is 10.4. The number of anilines is 1. The summed E-state index contributed by atoms with van der Waals surface area (Å²) in [5.41, 5.74) is 1.07. The van der Waals surface area contributed by atoms with Crippen LogP contribution in [0.1, 0.15) is 13.3 Å².